The molecule has 0 aromatic heterocycles. The van der Waals surface area contributed by atoms with Gasteiger partial charge in [-0.1, -0.05) is 24.3 Å². The lowest BCUT2D eigenvalue weighted by atomic mass is 9.89. The first-order valence-corrected chi connectivity index (χ1v) is 9.68. The lowest BCUT2D eigenvalue weighted by Gasteiger charge is -2.33. The number of amides is 2. The zero-order valence-electron chi connectivity index (χ0n) is 16.5. The third-order valence-corrected chi connectivity index (χ3v) is 5.40. The number of nitrogens with zero attached hydrogens (tertiary/aromatic N) is 1. The number of carboxylic acids is 1. The molecule has 0 unspecified atom stereocenters. The van der Waals surface area contributed by atoms with Crippen LogP contribution in [0.5, 0.6) is 0 Å². The van der Waals surface area contributed by atoms with Crippen LogP contribution in [0.25, 0.3) is 0 Å². The number of carbonyl (C=O) groups excluding carboxylic acids is 1. The number of piperidine rings is 1. The van der Waals surface area contributed by atoms with E-state index in [1.165, 1.54) is 12.1 Å². The highest BCUT2D eigenvalue weighted by atomic mass is 19.4. The zero-order valence-corrected chi connectivity index (χ0v) is 16.5. The summed E-state index contributed by atoms with van der Waals surface area (Å²) in [6.45, 7) is 2.91. The van der Waals surface area contributed by atoms with Gasteiger partial charge in [0, 0.05) is 25.6 Å². The molecule has 2 aromatic carbocycles. The molecule has 0 saturated carbocycles. The Kier molecular flexibility index (Phi) is 6.34. The molecule has 1 heterocycles. The molecule has 1 aliphatic rings. The lowest BCUT2D eigenvalue weighted by molar-refractivity contribution is -0.137. The molecule has 1 atom stereocenters. The van der Waals surface area contributed by atoms with Crippen LogP contribution in [0.3, 0.4) is 0 Å². The van der Waals surface area contributed by atoms with Crippen molar-refractivity contribution in [1.82, 2.24) is 10.2 Å². The smallest absolute Gasteiger partial charge is 0.416 e. The van der Waals surface area contributed by atoms with Crippen molar-refractivity contribution >= 4 is 12.0 Å². The Balaban J connectivity index is 1.61. The van der Waals surface area contributed by atoms with Gasteiger partial charge in [-0.3, -0.25) is 0 Å². The zero-order chi connectivity index (χ0) is 21.9. The average molecular weight is 420 g/mol. The van der Waals surface area contributed by atoms with Crippen molar-refractivity contribution in [3.63, 3.8) is 0 Å². The fourth-order valence-corrected chi connectivity index (χ4v) is 3.66. The molecule has 0 aliphatic carbocycles. The number of aromatic carboxylic acids is 1. The molecule has 3 rings (SSSR count). The van der Waals surface area contributed by atoms with Crippen molar-refractivity contribution in [2.24, 2.45) is 0 Å². The minimum absolute atomic E-state index is 0.0364. The molecule has 2 amide bonds. The van der Waals surface area contributed by atoms with E-state index in [0.717, 1.165) is 30.5 Å². The van der Waals surface area contributed by atoms with E-state index >= 15 is 0 Å². The summed E-state index contributed by atoms with van der Waals surface area (Å²) in [5, 5.41) is 12.1. The van der Waals surface area contributed by atoms with Gasteiger partial charge in [0.15, 0.2) is 0 Å². The molecule has 0 bridgehead atoms. The monoisotopic (exact) mass is 420 g/mol. The largest absolute Gasteiger partial charge is 0.478 e. The predicted molar refractivity (Wildman–Crippen MR) is 105 cm³/mol. The van der Waals surface area contributed by atoms with Crippen molar-refractivity contribution in [3.8, 4) is 0 Å². The summed E-state index contributed by atoms with van der Waals surface area (Å²) >= 11 is 0. The van der Waals surface area contributed by atoms with Crippen LogP contribution in [-0.4, -0.2) is 35.1 Å². The standard InChI is InChI=1S/C22H23F3N2O3/c1-14-4-7-16(11-19(14)20(28)29)17-3-2-10-27(13-17)21(30)26-12-15-5-8-18(9-6-15)22(23,24)25/h4-9,11,17H,2-3,10,12-13H2,1H3,(H,26,30)(H,28,29)/t17-/m1/s1. The molecule has 1 fully saturated rings. The van der Waals surface area contributed by atoms with Gasteiger partial charge in [0.2, 0.25) is 0 Å². The van der Waals surface area contributed by atoms with Crippen LogP contribution in [0.4, 0.5) is 18.0 Å². The molecule has 0 radical (unpaired) electrons. The molecule has 8 heteroatoms. The Hall–Kier alpha value is -3.03. The minimum Gasteiger partial charge on any atom is -0.478 e. The van der Waals surface area contributed by atoms with Gasteiger partial charge in [0.1, 0.15) is 0 Å². The number of nitrogens with one attached hydrogen (secondary N) is 1. The predicted octanol–water partition coefficient (Wildman–Crippen LogP) is 4.80. The number of benzene rings is 2. The Labute approximate surface area is 172 Å². The maximum atomic E-state index is 12.6. The number of likely N-dealkylation sites (tertiary alicyclic amines) is 1. The number of aryl methyl sites for hydroxylation is 1. The van der Waals surface area contributed by atoms with Gasteiger partial charge in [-0.25, -0.2) is 9.59 Å². The van der Waals surface area contributed by atoms with E-state index < -0.39 is 17.7 Å². The fourth-order valence-electron chi connectivity index (χ4n) is 3.66. The third kappa shape index (κ3) is 5.11. The first-order chi connectivity index (χ1) is 14.1. The second kappa shape index (κ2) is 8.77. The van der Waals surface area contributed by atoms with E-state index in [1.807, 2.05) is 6.07 Å². The first-order valence-electron chi connectivity index (χ1n) is 9.68. The molecule has 1 saturated heterocycles. The quantitative estimate of drug-likeness (QED) is 0.747. The molecule has 2 N–H and O–H groups in total. The van der Waals surface area contributed by atoms with Crippen LogP contribution in [-0.2, 0) is 12.7 Å². The Morgan fingerprint density at radius 3 is 2.50 bits per heavy atom. The van der Waals surface area contributed by atoms with Gasteiger partial charge in [-0.15, -0.1) is 0 Å². The summed E-state index contributed by atoms with van der Waals surface area (Å²) in [7, 11) is 0. The van der Waals surface area contributed by atoms with E-state index in [-0.39, 0.29) is 24.1 Å². The minimum atomic E-state index is -4.39. The highest BCUT2D eigenvalue weighted by molar-refractivity contribution is 5.89. The third-order valence-electron chi connectivity index (χ3n) is 5.40. The normalized spacial score (nSPS) is 16.9. The number of carbonyl (C=O) groups is 2. The number of hydrogen-bond acceptors (Lipinski definition) is 2. The van der Waals surface area contributed by atoms with Crippen LogP contribution in [0.1, 0.15) is 51.4 Å². The molecular formula is C22H23F3N2O3. The van der Waals surface area contributed by atoms with Gasteiger partial charge in [-0.05, 0) is 54.7 Å². The Morgan fingerprint density at radius 1 is 1.17 bits per heavy atom. The summed E-state index contributed by atoms with van der Waals surface area (Å²) in [5.74, 6) is -0.939. The topological polar surface area (TPSA) is 69.6 Å². The molecular weight excluding hydrogens is 397 g/mol. The fraction of sp³-hybridized carbons (Fsp3) is 0.364. The van der Waals surface area contributed by atoms with Crippen LogP contribution in [0, 0.1) is 6.92 Å². The molecule has 2 aromatic rings. The summed E-state index contributed by atoms with van der Waals surface area (Å²) in [6.07, 6.45) is -2.75. The molecule has 30 heavy (non-hydrogen) atoms. The Morgan fingerprint density at radius 2 is 1.87 bits per heavy atom. The maximum absolute atomic E-state index is 12.6. The van der Waals surface area contributed by atoms with Crippen LogP contribution in [0.2, 0.25) is 0 Å². The van der Waals surface area contributed by atoms with Crippen LogP contribution >= 0.6 is 0 Å². The lowest BCUT2D eigenvalue weighted by Crippen LogP contribution is -2.44. The second-order valence-electron chi connectivity index (χ2n) is 7.52. The van der Waals surface area contributed by atoms with E-state index in [0.29, 0.717) is 24.2 Å². The molecule has 1 aliphatic heterocycles. The number of alkyl halides is 3. The summed E-state index contributed by atoms with van der Waals surface area (Å²) in [6, 6.07) is 9.75. The van der Waals surface area contributed by atoms with Gasteiger partial charge in [0.05, 0.1) is 11.1 Å². The van der Waals surface area contributed by atoms with E-state index in [9.17, 15) is 27.9 Å². The highest BCUT2D eigenvalue weighted by Gasteiger charge is 2.30. The number of hydrogen-bond donors (Lipinski definition) is 2. The molecule has 0 spiro atoms. The number of rotatable bonds is 4. The van der Waals surface area contributed by atoms with Crippen molar-refractivity contribution in [3.05, 3.63) is 70.3 Å². The van der Waals surface area contributed by atoms with Crippen LogP contribution < -0.4 is 5.32 Å². The van der Waals surface area contributed by atoms with Gasteiger partial charge in [-0.2, -0.15) is 13.2 Å². The van der Waals surface area contributed by atoms with E-state index in [2.05, 4.69) is 5.32 Å². The maximum Gasteiger partial charge on any atom is 0.416 e. The Bertz CT molecular complexity index is 926. The van der Waals surface area contributed by atoms with Crippen molar-refractivity contribution in [1.29, 1.82) is 0 Å². The highest BCUT2D eigenvalue weighted by Crippen LogP contribution is 2.30. The summed E-state index contributed by atoms with van der Waals surface area (Å²) in [5.41, 5.74) is 1.69. The average Bonchev–Trinajstić information content (AvgIpc) is 2.72. The van der Waals surface area contributed by atoms with Crippen molar-refractivity contribution in [2.75, 3.05) is 13.1 Å². The van der Waals surface area contributed by atoms with Gasteiger partial charge >= 0.3 is 18.2 Å². The summed E-state index contributed by atoms with van der Waals surface area (Å²) < 4.78 is 37.9. The molecule has 160 valence electrons. The number of urea groups is 1. The van der Waals surface area contributed by atoms with Crippen LogP contribution in [0.15, 0.2) is 42.5 Å². The number of carboxylic acid groups (broad SMARTS) is 1. The van der Waals surface area contributed by atoms with Gasteiger partial charge in [0.25, 0.3) is 0 Å². The first kappa shape index (κ1) is 21.7. The second-order valence-corrected chi connectivity index (χ2v) is 7.52. The molecule has 5 nitrogen and oxygen atoms in total. The van der Waals surface area contributed by atoms with Gasteiger partial charge < -0.3 is 15.3 Å². The summed E-state index contributed by atoms with van der Waals surface area (Å²) in [4.78, 5) is 25.6. The SMILES string of the molecule is Cc1ccc([C@@H]2CCCN(C(=O)NCc3ccc(C(F)(F)F)cc3)C2)cc1C(=O)O. The van der Waals surface area contributed by atoms with Crippen molar-refractivity contribution < 1.29 is 27.9 Å². The number of halogens is 3. The van der Waals surface area contributed by atoms with E-state index in [4.69, 9.17) is 0 Å². The van der Waals surface area contributed by atoms with Crippen molar-refractivity contribution in [2.45, 2.75) is 38.4 Å². The van der Waals surface area contributed by atoms with E-state index in [1.54, 1.807) is 24.0 Å².